The Hall–Kier alpha value is -2.84. The van der Waals surface area contributed by atoms with Gasteiger partial charge in [0.15, 0.2) is 10.2 Å². The van der Waals surface area contributed by atoms with E-state index in [1.807, 2.05) is 48.5 Å². The topological polar surface area (TPSA) is 67.6 Å². The SMILES string of the molecule is COC(=O)CCCN1C(=S)NC(c2ccccn2)C1c1ccc(Sc2ccccc2)o1. The number of ether oxygens (including phenoxy) is 1. The molecule has 0 amide bonds. The van der Waals surface area contributed by atoms with Crippen LogP contribution in [0.25, 0.3) is 0 Å². The van der Waals surface area contributed by atoms with Gasteiger partial charge in [0.05, 0.1) is 18.8 Å². The highest BCUT2D eigenvalue weighted by Crippen LogP contribution is 2.41. The summed E-state index contributed by atoms with van der Waals surface area (Å²) in [7, 11) is 1.40. The summed E-state index contributed by atoms with van der Waals surface area (Å²) in [6.07, 6.45) is 2.74. The number of carbonyl (C=O) groups is 1. The molecule has 0 radical (unpaired) electrons. The molecule has 3 heterocycles. The standard InChI is InChI=1S/C23H23N3O3S2/c1-28-19(27)11-7-15-26-22(21(25-23(26)30)17-10-5-6-14-24-17)18-12-13-20(29-18)31-16-8-3-2-4-9-16/h2-6,8-10,12-14,21-22H,7,11,15H2,1H3,(H,25,30). The molecule has 0 saturated carbocycles. The number of benzene rings is 1. The van der Waals surface area contributed by atoms with Gasteiger partial charge in [-0.3, -0.25) is 9.78 Å². The van der Waals surface area contributed by atoms with E-state index in [0.29, 0.717) is 24.5 Å². The summed E-state index contributed by atoms with van der Waals surface area (Å²) in [5.41, 5.74) is 0.888. The Bertz CT molecular complexity index is 1030. The summed E-state index contributed by atoms with van der Waals surface area (Å²) >= 11 is 7.21. The number of nitrogens with one attached hydrogen (secondary N) is 1. The summed E-state index contributed by atoms with van der Waals surface area (Å²) in [5.74, 6) is 0.579. The van der Waals surface area contributed by atoms with E-state index in [2.05, 4.69) is 27.3 Å². The number of esters is 1. The third-order valence-corrected chi connectivity index (χ3v) is 6.34. The number of rotatable bonds is 8. The van der Waals surface area contributed by atoms with Gasteiger partial charge in [0.25, 0.3) is 0 Å². The minimum atomic E-state index is -0.226. The van der Waals surface area contributed by atoms with Crippen LogP contribution < -0.4 is 5.32 Å². The molecule has 6 nitrogen and oxygen atoms in total. The third kappa shape index (κ3) is 5.08. The van der Waals surface area contributed by atoms with Gasteiger partial charge in [0.2, 0.25) is 0 Å². The summed E-state index contributed by atoms with van der Waals surface area (Å²) in [5, 5.41) is 4.83. The van der Waals surface area contributed by atoms with Gasteiger partial charge in [0.1, 0.15) is 11.8 Å². The third-order valence-electron chi connectivity index (χ3n) is 5.06. The minimum Gasteiger partial charge on any atom is -0.469 e. The molecule has 1 fully saturated rings. The lowest BCUT2D eigenvalue weighted by Gasteiger charge is -2.25. The van der Waals surface area contributed by atoms with Crippen molar-refractivity contribution in [1.82, 2.24) is 15.2 Å². The summed E-state index contributed by atoms with van der Waals surface area (Å²) < 4.78 is 11.0. The molecule has 31 heavy (non-hydrogen) atoms. The Morgan fingerprint density at radius 2 is 2.00 bits per heavy atom. The van der Waals surface area contributed by atoms with Gasteiger partial charge in [-0.15, -0.1) is 0 Å². The zero-order valence-electron chi connectivity index (χ0n) is 17.1. The van der Waals surface area contributed by atoms with Gasteiger partial charge >= 0.3 is 5.97 Å². The number of methoxy groups -OCH3 is 1. The first-order valence-corrected chi connectivity index (χ1v) is 11.3. The van der Waals surface area contributed by atoms with E-state index in [1.165, 1.54) is 7.11 Å². The molecule has 4 rings (SSSR count). The predicted molar refractivity (Wildman–Crippen MR) is 123 cm³/mol. The van der Waals surface area contributed by atoms with Gasteiger partial charge in [0, 0.05) is 24.1 Å². The first-order chi connectivity index (χ1) is 15.2. The molecule has 1 aliphatic heterocycles. The second-order valence-corrected chi connectivity index (χ2v) is 8.54. The van der Waals surface area contributed by atoms with Crippen LogP contribution >= 0.6 is 24.0 Å². The van der Waals surface area contributed by atoms with E-state index >= 15 is 0 Å². The van der Waals surface area contributed by atoms with E-state index in [-0.39, 0.29) is 18.1 Å². The van der Waals surface area contributed by atoms with E-state index in [0.717, 1.165) is 21.4 Å². The predicted octanol–water partition coefficient (Wildman–Crippen LogP) is 4.75. The van der Waals surface area contributed by atoms with Gasteiger partial charge in [-0.2, -0.15) is 0 Å². The maximum Gasteiger partial charge on any atom is 0.305 e. The Morgan fingerprint density at radius 3 is 2.74 bits per heavy atom. The van der Waals surface area contributed by atoms with Crippen LogP contribution in [0.2, 0.25) is 0 Å². The fourth-order valence-electron chi connectivity index (χ4n) is 3.60. The molecule has 2 atom stereocenters. The van der Waals surface area contributed by atoms with Crippen molar-refractivity contribution in [2.24, 2.45) is 0 Å². The fourth-order valence-corrected chi connectivity index (χ4v) is 4.74. The highest BCUT2D eigenvalue weighted by molar-refractivity contribution is 7.99. The smallest absolute Gasteiger partial charge is 0.305 e. The summed E-state index contributed by atoms with van der Waals surface area (Å²) in [6.45, 7) is 0.608. The number of hydrogen-bond acceptors (Lipinski definition) is 6. The maximum atomic E-state index is 11.6. The van der Waals surface area contributed by atoms with E-state index < -0.39 is 0 Å². The summed E-state index contributed by atoms with van der Waals surface area (Å²) in [4.78, 5) is 19.3. The van der Waals surface area contributed by atoms with Crippen molar-refractivity contribution >= 4 is 35.1 Å². The van der Waals surface area contributed by atoms with Crippen LogP contribution in [0.1, 0.15) is 36.4 Å². The van der Waals surface area contributed by atoms with Crippen LogP contribution in [-0.4, -0.2) is 34.6 Å². The molecule has 1 aromatic carbocycles. The van der Waals surface area contributed by atoms with Gasteiger partial charge in [-0.1, -0.05) is 36.0 Å². The zero-order chi connectivity index (χ0) is 21.6. The molecule has 1 N–H and O–H groups in total. The Kier molecular flexibility index (Phi) is 6.89. The number of thiocarbonyl (C=S) groups is 1. The number of hydrogen-bond donors (Lipinski definition) is 1. The number of pyridine rings is 1. The first-order valence-electron chi connectivity index (χ1n) is 10.0. The van der Waals surface area contributed by atoms with Crippen LogP contribution in [0, 0.1) is 0 Å². The lowest BCUT2D eigenvalue weighted by atomic mass is 10.0. The van der Waals surface area contributed by atoms with Crippen molar-refractivity contribution in [2.45, 2.75) is 34.9 Å². The van der Waals surface area contributed by atoms with Crippen molar-refractivity contribution in [3.8, 4) is 0 Å². The van der Waals surface area contributed by atoms with Gasteiger partial charge < -0.3 is 19.4 Å². The molecular formula is C23H23N3O3S2. The quantitative estimate of drug-likeness (QED) is 0.387. The molecule has 8 heteroatoms. The molecule has 1 aliphatic rings. The maximum absolute atomic E-state index is 11.6. The van der Waals surface area contributed by atoms with Crippen LogP contribution in [0.15, 0.2) is 81.3 Å². The molecule has 0 spiro atoms. The van der Waals surface area contributed by atoms with Crippen molar-refractivity contribution in [3.05, 3.63) is 78.3 Å². The molecular weight excluding hydrogens is 430 g/mol. The second-order valence-electron chi connectivity index (χ2n) is 7.07. The van der Waals surface area contributed by atoms with Crippen LogP contribution in [0.5, 0.6) is 0 Å². The monoisotopic (exact) mass is 453 g/mol. The molecule has 1 saturated heterocycles. The molecule has 0 aliphatic carbocycles. The average Bonchev–Trinajstić information content (AvgIpc) is 3.39. The Morgan fingerprint density at radius 1 is 1.19 bits per heavy atom. The van der Waals surface area contributed by atoms with Crippen molar-refractivity contribution in [1.29, 1.82) is 0 Å². The Balaban J connectivity index is 1.59. The lowest BCUT2D eigenvalue weighted by Crippen LogP contribution is -2.30. The van der Waals surface area contributed by atoms with Crippen molar-refractivity contribution < 1.29 is 13.9 Å². The highest BCUT2D eigenvalue weighted by atomic mass is 32.2. The number of aromatic nitrogens is 1. The number of carbonyl (C=O) groups excluding carboxylic acids is 1. The Labute approximate surface area is 191 Å². The van der Waals surface area contributed by atoms with E-state index in [9.17, 15) is 4.79 Å². The number of furan rings is 1. The largest absolute Gasteiger partial charge is 0.469 e. The minimum absolute atomic E-state index is 0.146. The fraction of sp³-hybridized carbons (Fsp3) is 0.261. The summed E-state index contributed by atoms with van der Waals surface area (Å²) in [6, 6.07) is 19.6. The lowest BCUT2D eigenvalue weighted by molar-refractivity contribution is -0.140. The van der Waals surface area contributed by atoms with Gasteiger partial charge in [-0.25, -0.2) is 0 Å². The first kappa shape index (κ1) is 21.4. The van der Waals surface area contributed by atoms with Crippen LogP contribution in [0.4, 0.5) is 0 Å². The number of nitrogens with zero attached hydrogens (tertiary/aromatic N) is 2. The van der Waals surface area contributed by atoms with E-state index in [1.54, 1.807) is 18.0 Å². The zero-order valence-corrected chi connectivity index (χ0v) is 18.7. The normalized spacial score (nSPS) is 18.1. The molecule has 2 aromatic heterocycles. The molecule has 2 unspecified atom stereocenters. The molecule has 0 bridgehead atoms. The van der Waals surface area contributed by atoms with E-state index in [4.69, 9.17) is 21.4 Å². The average molecular weight is 454 g/mol. The second kappa shape index (κ2) is 9.98. The van der Waals surface area contributed by atoms with Crippen molar-refractivity contribution in [2.75, 3.05) is 13.7 Å². The van der Waals surface area contributed by atoms with Crippen LogP contribution in [0.3, 0.4) is 0 Å². The van der Waals surface area contributed by atoms with Crippen LogP contribution in [-0.2, 0) is 9.53 Å². The molecule has 3 aromatic rings. The highest BCUT2D eigenvalue weighted by Gasteiger charge is 2.41. The van der Waals surface area contributed by atoms with Crippen molar-refractivity contribution in [3.63, 3.8) is 0 Å². The molecule has 160 valence electrons. The van der Waals surface area contributed by atoms with Gasteiger partial charge in [-0.05, 0) is 55.0 Å².